The zero-order valence-corrected chi connectivity index (χ0v) is 10.2. The fourth-order valence-corrected chi connectivity index (χ4v) is 2.57. The van der Waals surface area contributed by atoms with Gasteiger partial charge in [0, 0.05) is 31.0 Å². The van der Waals surface area contributed by atoms with Gasteiger partial charge in [-0.05, 0) is 18.1 Å². The number of para-hydroxylation sites is 1. The van der Waals surface area contributed by atoms with Gasteiger partial charge in [-0.25, -0.2) is 0 Å². The zero-order valence-electron chi connectivity index (χ0n) is 10.2. The summed E-state index contributed by atoms with van der Waals surface area (Å²) in [6.45, 7) is 4.41. The predicted molar refractivity (Wildman–Crippen MR) is 66.7 cm³/mol. The molecule has 3 nitrogen and oxygen atoms in total. The highest BCUT2D eigenvalue weighted by molar-refractivity contribution is 5.94. The third-order valence-electron chi connectivity index (χ3n) is 3.52. The van der Waals surface area contributed by atoms with E-state index >= 15 is 0 Å². The number of nitriles is 1. The molecule has 88 valence electrons. The van der Waals surface area contributed by atoms with Crippen LogP contribution < -0.4 is 4.90 Å². The highest BCUT2D eigenvalue weighted by Gasteiger charge is 2.39. The molecule has 0 saturated heterocycles. The number of anilines is 1. The molecule has 0 unspecified atom stereocenters. The van der Waals surface area contributed by atoms with E-state index in [1.807, 2.05) is 23.1 Å². The first kappa shape index (κ1) is 11.7. The lowest BCUT2D eigenvalue weighted by Gasteiger charge is -2.24. The topological polar surface area (TPSA) is 44.1 Å². The minimum absolute atomic E-state index is 0.0677. The lowest BCUT2D eigenvalue weighted by atomic mass is 9.80. The number of hydrogen-bond donors (Lipinski definition) is 0. The van der Waals surface area contributed by atoms with Crippen LogP contribution in [0.2, 0.25) is 0 Å². The van der Waals surface area contributed by atoms with Crippen LogP contribution in [0.5, 0.6) is 0 Å². The molecule has 1 atom stereocenters. The number of carbonyl (C=O) groups excluding carboxylic acids is 1. The van der Waals surface area contributed by atoms with E-state index in [0.29, 0.717) is 13.0 Å². The molecule has 3 heteroatoms. The summed E-state index contributed by atoms with van der Waals surface area (Å²) in [5, 5.41) is 8.73. The van der Waals surface area contributed by atoms with Crippen LogP contribution in [0.3, 0.4) is 0 Å². The van der Waals surface area contributed by atoms with Crippen LogP contribution in [0.25, 0.3) is 0 Å². The summed E-state index contributed by atoms with van der Waals surface area (Å²) >= 11 is 0. The smallest absolute Gasteiger partial charge is 0.223 e. The lowest BCUT2D eigenvalue weighted by Crippen LogP contribution is -2.33. The second-order valence-electron chi connectivity index (χ2n) is 4.84. The van der Waals surface area contributed by atoms with Crippen molar-refractivity contribution in [2.75, 3.05) is 11.4 Å². The molecule has 0 bridgehead atoms. The number of carbonyl (C=O) groups is 1. The van der Waals surface area contributed by atoms with E-state index in [-0.39, 0.29) is 11.3 Å². The minimum Gasteiger partial charge on any atom is -0.311 e. The van der Waals surface area contributed by atoms with Crippen LogP contribution in [0.15, 0.2) is 24.3 Å². The Balaban J connectivity index is 2.41. The van der Waals surface area contributed by atoms with Crippen molar-refractivity contribution < 1.29 is 4.79 Å². The van der Waals surface area contributed by atoms with Gasteiger partial charge in [0.25, 0.3) is 0 Å². The number of hydrogen-bond acceptors (Lipinski definition) is 2. The summed E-state index contributed by atoms with van der Waals surface area (Å²) in [6, 6.07) is 10.2. The molecule has 1 aromatic rings. The first-order valence-electron chi connectivity index (χ1n) is 5.83. The molecule has 2 rings (SSSR count). The summed E-state index contributed by atoms with van der Waals surface area (Å²) in [5.74, 6) is 0.0677. The van der Waals surface area contributed by atoms with E-state index in [9.17, 15) is 4.79 Å². The largest absolute Gasteiger partial charge is 0.311 e. The zero-order chi connectivity index (χ0) is 12.5. The molecule has 1 heterocycles. The highest BCUT2D eigenvalue weighted by atomic mass is 16.2. The van der Waals surface area contributed by atoms with Crippen molar-refractivity contribution in [3.63, 3.8) is 0 Å². The van der Waals surface area contributed by atoms with Crippen LogP contribution in [-0.4, -0.2) is 12.5 Å². The van der Waals surface area contributed by atoms with Crippen molar-refractivity contribution in [3.05, 3.63) is 29.8 Å². The molecule has 1 aromatic carbocycles. The van der Waals surface area contributed by atoms with E-state index in [1.54, 1.807) is 6.92 Å². The summed E-state index contributed by atoms with van der Waals surface area (Å²) < 4.78 is 0. The molecule has 17 heavy (non-hydrogen) atoms. The van der Waals surface area contributed by atoms with Gasteiger partial charge in [0.2, 0.25) is 5.91 Å². The highest BCUT2D eigenvalue weighted by Crippen LogP contribution is 2.43. The van der Waals surface area contributed by atoms with Crippen molar-refractivity contribution in [1.82, 2.24) is 0 Å². The Hall–Kier alpha value is -1.82. The fraction of sp³-hybridized carbons (Fsp3) is 0.429. The van der Waals surface area contributed by atoms with Crippen molar-refractivity contribution in [2.45, 2.75) is 32.1 Å². The van der Waals surface area contributed by atoms with Gasteiger partial charge in [0.05, 0.1) is 6.07 Å². The van der Waals surface area contributed by atoms with Crippen LogP contribution in [0.1, 0.15) is 32.3 Å². The third kappa shape index (κ3) is 1.91. The Morgan fingerprint density at radius 1 is 1.53 bits per heavy atom. The Bertz CT molecular complexity index is 489. The third-order valence-corrected chi connectivity index (χ3v) is 3.52. The second kappa shape index (κ2) is 4.21. The maximum atomic E-state index is 11.6. The van der Waals surface area contributed by atoms with Crippen molar-refractivity contribution in [3.8, 4) is 6.07 Å². The molecular weight excluding hydrogens is 212 g/mol. The first-order chi connectivity index (χ1) is 8.08. The van der Waals surface area contributed by atoms with Crippen LogP contribution in [-0.2, 0) is 10.2 Å². The van der Waals surface area contributed by atoms with Crippen LogP contribution in [0, 0.1) is 11.3 Å². The maximum absolute atomic E-state index is 11.6. The van der Waals surface area contributed by atoms with Gasteiger partial charge in [-0.15, -0.1) is 0 Å². The molecule has 1 aliphatic rings. The van der Waals surface area contributed by atoms with Crippen molar-refractivity contribution in [2.24, 2.45) is 0 Å². The van der Waals surface area contributed by atoms with Gasteiger partial charge in [-0.2, -0.15) is 5.26 Å². The maximum Gasteiger partial charge on any atom is 0.223 e. The standard InChI is InChI=1S/C14H16N2O/c1-11(17)16-10-14(2,8-5-9-15)12-6-3-4-7-13(12)16/h3-4,6-7H,5,8,10H2,1-2H3/t14-/m0/s1. The average Bonchev–Trinajstić information content (AvgIpc) is 2.62. The van der Waals surface area contributed by atoms with E-state index in [0.717, 1.165) is 12.1 Å². The Labute approximate surface area is 102 Å². The van der Waals surface area contributed by atoms with Crippen molar-refractivity contribution in [1.29, 1.82) is 5.26 Å². The fourth-order valence-electron chi connectivity index (χ4n) is 2.57. The Morgan fingerprint density at radius 3 is 2.88 bits per heavy atom. The van der Waals surface area contributed by atoms with Crippen LogP contribution in [0.4, 0.5) is 5.69 Å². The molecule has 0 spiro atoms. The number of rotatable bonds is 2. The van der Waals surface area contributed by atoms with Gasteiger partial charge >= 0.3 is 0 Å². The molecular formula is C14H16N2O. The minimum atomic E-state index is -0.0853. The van der Waals surface area contributed by atoms with Gasteiger partial charge in [0.15, 0.2) is 0 Å². The molecule has 0 saturated carbocycles. The summed E-state index contributed by atoms with van der Waals surface area (Å²) in [4.78, 5) is 13.4. The molecule has 0 fully saturated rings. The predicted octanol–water partition coefficient (Wildman–Crippen LogP) is 2.61. The van der Waals surface area contributed by atoms with E-state index in [2.05, 4.69) is 19.1 Å². The molecule has 0 radical (unpaired) electrons. The summed E-state index contributed by atoms with van der Waals surface area (Å²) in [6.07, 6.45) is 1.32. The molecule has 1 amide bonds. The quantitative estimate of drug-likeness (QED) is 0.781. The van der Waals surface area contributed by atoms with Gasteiger partial charge in [-0.3, -0.25) is 4.79 Å². The van der Waals surface area contributed by atoms with E-state index in [1.165, 1.54) is 5.56 Å². The van der Waals surface area contributed by atoms with E-state index in [4.69, 9.17) is 5.26 Å². The van der Waals surface area contributed by atoms with Crippen molar-refractivity contribution >= 4 is 11.6 Å². The first-order valence-corrected chi connectivity index (χ1v) is 5.83. The molecule has 0 N–H and O–H groups in total. The lowest BCUT2D eigenvalue weighted by molar-refractivity contribution is -0.116. The summed E-state index contributed by atoms with van der Waals surface area (Å²) in [7, 11) is 0. The molecule has 1 aliphatic heterocycles. The van der Waals surface area contributed by atoms with Gasteiger partial charge in [0.1, 0.15) is 0 Å². The Morgan fingerprint density at radius 2 is 2.24 bits per heavy atom. The van der Waals surface area contributed by atoms with E-state index < -0.39 is 0 Å². The SMILES string of the molecule is CC(=O)N1C[C@](C)(CCC#N)c2ccccc21. The number of fused-ring (bicyclic) bond motifs is 1. The van der Waals surface area contributed by atoms with Gasteiger partial charge < -0.3 is 4.90 Å². The second-order valence-corrected chi connectivity index (χ2v) is 4.84. The number of benzene rings is 1. The summed E-state index contributed by atoms with van der Waals surface area (Å²) in [5.41, 5.74) is 2.10. The molecule has 0 aromatic heterocycles. The average molecular weight is 228 g/mol. The molecule has 0 aliphatic carbocycles. The monoisotopic (exact) mass is 228 g/mol. The number of amides is 1. The normalized spacial score (nSPS) is 22.1. The van der Waals surface area contributed by atoms with Gasteiger partial charge in [-0.1, -0.05) is 25.1 Å². The number of nitrogens with zero attached hydrogens (tertiary/aromatic N) is 2. The van der Waals surface area contributed by atoms with Crippen LogP contribution >= 0.6 is 0 Å². The Kier molecular flexibility index (Phi) is 2.89.